The molecule has 0 bridgehead atoms. The van der Waals surface area contributed by atoms with Crippen molar-refractivity contribution in [2.75, 3.05) is 6.61 Å². The summed E-state index contributed by atoms with van der Waals surface area (Å²) in [5.41, 5.74) is 0. The Labute approximate surface area is 73.1 Å². The zero-order chi connectivity index (χ0) is 7.82. The number of unbranched alkanes of at least 4 members (excludes halogenated alkanes) is 1. The summed E-state index contributed by atoms with van der Waals surface area (Å²) in [6, 6.07) is 0. The number of hydrogen-bond donors (Lipinski definition) is 0. The van der Waals surface area contributed by atoms with Gasteiger partial charge in [0.15, 0.2) is 0 Å². The average Bonchev–Trinajstić information content (AvgIpc) is 1.98. The third-order valence-corrected chi connectivity index (χ3v) is 2.65. The molecule has 0 aliphatic carbocycles. The molecule has 0 N–H and O–H groups in total. The van der Waals surface area contributed by atoms with E-state index in [1.165, 1.54) is 25.7 Å². The molecule has 0 amide bonds. The summed E-state index contributed by atoms with van der Waals surface area (Å²) in [5.74, 6) is 0.843. The van der Waals surface area contributed by atoms with E-state index in [-0.39, 0.29) is 0 Å². The molecule has 0 aliphatic heterocycles. The summed E-state index contributed by atoms with van der Waals surface area (Å²) in [4.78, 5) is 0. The first kappa shape index (κ1) is 10.5. The number of hydrogen-bond acceptors (Lipinski definition) is 1. The van der Waals surface area contributed by atoms with Gasteiger partial charge >= 0.3 is 72.7 Å². The molecule has 10 heavy (non-hydrogen) atoms. The molecule has 1 atom stereocenters. The van der Waals surface area contributed by atoms with E-state index >= 15 is 0 Å². The van der Waals surface area contributed by atoms with Crippen LogP contribution in [0.3, 0.4) is 0 Å². The zero-order valence-electron chi connectivity index (χ0n) is 7.52. The molecule has 0 aromatic heterocycles. The Hall–Kier alpha value is 0.503. The van der Waals surface area contributed by atoms with Crippen molar-refractivity contribution in [3.8, 4) is 0 Å². The van der Waals surface area contributed by atoms with Gasteiger partial charge in [-0.1, -0.05) is 0 Å². The molecular formula is C8H20GeO. The van der Waals surface area contributed by atoms with E-state index in [0.29, 0.717) is 16.9 Å². The average molecular weight is 205 g/mol. The van der Waals surface area contributed by atoms with E-state index in [1.54, 1.807) is 0 Å². The van der Waals surface area contributed by atoms with Crippen LogP contribution in [0.25, 0.3) is 0 Å². The molecule has 0 saturated heterocycles. The molecular weight excluding hydrogens is 185 g/mol. The number of rotatable bonds is 6. The second-order valence-electron chi connectivity index (χ2n) is 2.87. The van der Waals surface area contributed by atoms with E-state index in [9.17, 15) is 0 Å². The van der Waals surface area contributed by atoms with E-state index in [0.717, 1.165) is 12.5 Å². The minimum atomic E-state index is 0.590. The predicted molar refractivity (Wildman–Crippen MR) is 49.2 cm³/mol. The first-order valence-electron chi connectivity index (χ1n) is 4.34. The van der Waals surface area contributed by atoms with Crippen LogP contribution in [0.5, 0.6) is 0 Å². The van der Waals surface area contributed by atoms with E-state index in [1.807, 2.05) is 0 Å². The van der Waals surface area contributed by atoms with Crippen molar-refractivity contribution in [2.45, 2.75) is 39.5 Å². The Morgan fingerprint density at radius 2 is 2.10 bits per heavy atom. The molecule has 0 aromatic carbocycles. The summed E-state index contributed by atoms with van der Waals surface area (Å²) in [6.45, 7) is 5.53. The van der Waals surface area contributed by atoms with Gasteiger partial charge in [0.2, 0.25) is 0 Å². The van der Waals surface area contributed by atoms with Crippen molar-refractivity contribution in [3.63, 3.8) is 0 Å². The zero-order valence-corrected chi connectivity index (χ0v) is 11.7. The quantitative estimate of drug-likeness (QED) is 0.597. The molecule has 1 unspecified atom stereocenters. The topological polar surface area (TPSA) is 9.23 Å². The normalized spacial score (nSPS) is 13.8. The van der Waals surface area contributed by atoms with E-state index < -0.39 is 0 Å². The van der Waals surface area contributed by atoms with Gasteiger partial charge in [-0.15, -0.1) is 0 Å². The summed E-state index contributed by atoms with van der Waals surface area (Å²) in [7, 11) is 0. The molecule has 0 aromatic rings. The van der Waals surface area contributed by atoms with Gasteiger partial charge in [0.05, 0.1) is 0 Å². The second kappa shape index (κ2) is 7.61. The molecule has 0 rings (SSSR count). The molecule has 0 spiro atoms. The Morgan fingerprint density at radius 1 is 1.40 bits per heavy atom. The van der Waals surface area contributed by atoms with Gasteiger partial charge in [-0.3, -0.25) is 0 Å². The van der Waals surface area contributed by atoms with Crippen molar-refractivity contribution < 1.29 is 3.76 Å². The monoisotopic (exact) mass is 206 g/mol. The van der Waals surface area contributed by atoms with Crippen LogP contribution in [0.15, 0.2) is 0 Å². The van der Waals surface area contributed by atoms with Gasteiger partial charge in [-0.05, 0) is 0 Å². The van der Waals surface area contributed by atoms with Crippen LogP contribution in [-0.4, -0.2) is 23.5 Å². The maximum absolute atomic E-state index is 5.28. The van der Waals surface area contributed by atoms with Crippen LogP contribution >= 0.6 is 0 Å². The third kappa shape index (κ3) is 5.30. The molecule has 2 heteroatoms. The summed E-state index contributed by atoms with van der Waals surface area (Å²) in [5, 5.41) is 0. The van der Waals surface area contributed by atoms with Crippen LogP contribution in [-0.2, 0) is 3.76 Å². The molecule has 0 heterocycles. The molecule has 0 saturated carbocycles. The maximum atomic E-state index is 5.28. The molecule has 0 radical (unpaired) electrons. The second-order valence-corrected chi connectivity index (χ2v) is 4.08. The third-order valence-electron chi connectivity index (χ3n) is 1.95. The Kier molecular flexibility index (Phi) is 7.99. The summed E-state index contributed by atoms with van der Waals surface area (Å²) >= 11 is 0.590. The van der Waals surface area contributed by atoms with Gasteiger partial charge in [0, 0.05) is 0 Å². The van der Waals surface area contributed by atoms with E-state index in [2.05, 4.69) is 13.8 Å². The molecule has 1 nitrogen and oxygen atoms in total. The van der Waals surface area contributed by atoms with Crippen molar-refractivity contribution in [3.05, 3.63) is 0 Å². The van der Waals surface area contributed by atoms with Crippen LogP contribution in [0.4, 0.5) is 0 Å². The first-order valence-corrected chi connectivity index (χ1v) is 6.05. The fraction of sp³-hybridized carbons (Fsp3) is 1.00. The van der Waals surface area contributed by atoms with Gasteiger partial charge in [0.25, 0.3) is 0 Å². The van der Waals surface area contributed by atoms with Crippen LogP contribution in [0.2, 0.25) is 0 Å². The Morgan fingerprint density at radius 3 is 2.50 bits per heavy atom. The van der Waals surface area contributed by atoms with Gasteiger partial charge < -0.3 is 0 Å². The fourth-order valence-electron chi connectivity index (χ4n) is 1.13. The van der Waals surface area contributed by atoms with Crippen molar-refractivity contribution in [1.29, 1.82) is 0 Å². The van der Waals surface area contributed by atoms with E-state index in [4.69, 9.17) is 3.76 Å². The fourth-order valence-corrected chi connectivity index (χ4v) is 2.12. The predicted octanol–water partition coefficient (Wildman–Crippen LogP) is 1.50. The van der Waals surface area contributed by atoms with Crippen molar-refractivity contribution in [2.24, 2.45) is 5.92 Å². The van der Waals surface area contributed by atoms with Crippen LogP contribution in [0.1, 0.15) is 39.5 Å². The van der Waals surface area contributed by atoms with Crippen molar-refractivity contribution in [1.82, 2.24) is 0 Å². The van der Waals surface area contributed by atoms with Gasteiger partial charge in [-0.25, -0.2) is 0 Å². The van der Waals surface area contributed by atoms with Crippen molar-refractivity contribution >= 4 is 16.9 Å². The van der Waals surface area contributed by atoms with Crippen LogP contribution in [0, 0.1) is 5.92 Å². The first-order chi connectivity index (χ1) is 4.85. The summed E-state index contributed by atoms with van der Waals surface area (Å²) < 4.78 is 5.28. The Bertz CT molecular complexity index is 66.3. The Balaban J connectivity index is 3.21. The molecule has 0 aliphatic rings. The van der Waals surface area contributed by atoms with Crippen LogP contribution < -0.4 is 0 Å². The summed E-state index contributed by atoms with van der Waals surface area (Å²) in [6.07, 6.45) is 5.34. The molecule has 0 fully saturated rings. The molecule has 62 valence electrons. The SMILES string of the molecule is CCCCC(CC)C[O][GeH3]. The standard InChI is InChI=1S/C8H20GeO/c1-3-5-6-8(4-2)7-10-9/h8H,3-7H2,1-2,9H3. The van der Waals surface area contributed by atoms with Gasteiger partial charge in [-0.2, -0.15) is 0 Å². The van der Waals surface area contributed by atoms with Gasteiger partial charge in [0.1, 0.15) is 0 Å². The minimum absolute atomic E-state index is 0.590.